The minimum atomic E-state index is -1.03. The Labute approximate surface area is 220 Å². The summed E-state index contributed by atoms with van der Waals surface area (Å²) >= 11 is 0. The van der Waals surface area contributed by atoms with Gasteiger partial charge in [0.1, 0.15) is 11.4 Å². The minimum Gasteiger partial charge on any atom is -0.348 e. The van der Waals surface area contributed by atoms with Gasteiger partial charge < -0.3 is 15.6 Å². The topological polar surface area (TPSA) is 122 Å². The van der Waals surface area contributed by atoms with Gasteiger partial charge in [-0.1, -0.05) is 30.4 Å². The molecule has 0 bridgehead atoms. The zero-order valence-electron chi connectivity index (χ0n) is 20.7. The van der Waals surface area contributed by atoms with E-state index in [-0.39, 0.29) is 24.6 Å². The molecule has 0 spiro atoms. The highest BCUT2D eigenvalue weighted by Crippen LogP contribution is 2.33. The molecule has 4 aromatic rings. The van der Waals surface area contributed by atoms with E-state index < -0.39 is 23.1 Å². The number of halogens is 2. The maximum Gasteiger partial charge on any atom is 0.266 e. The number of carbonyl (C=O) groups excluding carboxylic acids is 2. The third kappa shape index (κ3) is 5.57. The molecule has 3 heterocycles. The minimum absolute atomic E-state index is 0.0724. The number of aromatic amines is 1. The molecular formula is C28H22F2N6O3. The second kappa shape index (κ2) is 10.7. The van der Waals surface area contributed by atoms with Crippen molar-refractivity contribution >= 4 is 35.2 Å². The quantitative estimate of drug-likeness (QED) is 0.317. The van der Waals surface area contributed by atoms with Gasteiger partial charge in [0.05, 0.1) is 18.4 Å². The molecule has 196 valence electrons. The SMILES string of the molecule is Cc1cnc(/C=C2\C(=O)Nc3cc(C=CCNC(=O)c4cncn(Cc5ccc(F)c(F)c5)c4=O)ccc32)[nH]1. The largest absolute Gasteiger partial charge is 0.348 e. The molecule has 11 heteroatoms. The van der Waals surface area contributed by atoms with Gasteiger partial charge in [-0.15, -0.1) is 0 Å². The van der Waals surface area contributed by atoms with E-state index in [2.05, 4.69) is 25.6 Å². The molecule has 0 atom stereocenters. The summed E-state index contributed by atoms with van der Waals surface area (Å²) in [6, 6.07) is 8.80. The molecule has 2 aromatic heterocycles. The summed E-state index contributed by atoms with van der Waals surface area (Å²) in [7, 11) is 0. The van der Waals surface area contributed by atoms with E-state index in [9.17, 15) is 23.2 Å². The number of H-pyrrole nitrogens is 1. The van der Waals surface area contributed by atoms with Crippen molar-refractivity contribution in [1.29, 1.82) is 0 Å². The van der Waals surface area contributed by atoms with Gasteiger partial charge in [-0.05, 0) is 42.3 Å². The first-order valence-corrected chi connectivity index (χ1v) is 11.9. The fourth-order valence-corrected chi connectivity index (χ4v) is 4.10. The van der Waals surface area contributed by atoms with Gasteiger partial charge in [0, 0.05) is 35.9 Å². The summed E-state index contributed by atoms with van der Waals surface area (Å²) in [5.41, 5.74) is 3.18. The smallest absolute Gasteiger partial charge is 0.266 e. The van der Waals surface area contributed by atoms with Crippen LogP contribution in [0.4, 0.5) is 14.5 Å². The Balaban J connectivity index is 1.22. The van der Waals surface area contributed by atoms with E-state index in [1.54, 1.807) is 24.4 Å². The Morgan fingerprint density at radius 1 is 1.10 bits per heavy atom. The third-order valence-corrected chi connectivity index (χ3v) is 6.00. The Morgan fingerprint density at radius 2 is 1.95 bits per heavy atom. The van der Waals surface area contributed by atoms with Crippen LogP contribution in [0, 0.1) is 18.6 Å². The number of fused-ring (bicyclic) bond motifs is 1. The molecule has 9 nitrogen and oxygen atoms in total. The summed E-state index contributed by atoms with van der Waals surface area (Å²) in [5.74, 6) is -2.27. The Kier molecular flexibility index (Phi) is 6.96. The summed E-state index contributed by atoms with van der Waals surface area (Å²) in [4.78, 5) is 49.0. The van der Waals surface area contributed by atoms with Gasteiger partial charge in [0.25, 0.3) is 17.4 Å². The van der Waals surface area contributed by atoms with Gasteiger partial charge in [-0.25, -0.2) is 18.7 Å². The van der Waals surface area contributed by atoms with Crippen molar-refractivity contribution in [2.75, 3.05) is 11.9 Å². The first-order chi connectivity index (χ1) is 18.8. The second-order valence-corrected chi connectivity index (χ2v) is 8.87. The van der Waals surface area contributed by atoms with Crippen LogP contribution in [0.5, 0.6) is 0 Å². The highest BCUT2D eigenvalue weighted by atomic mass is 19.2. The molecule has 1 aliphatic heterocycles. The fourth-order valence-electron chi connectivity index (χ4n) is 4.10. The van der Waals surface area contributed by atoms with Gasteiger partial charge >= 0.3 is 0 Å². The molecular weight excluding hydrogens is 506 g/mol. The molecule has 39 heavy (non-hydrogen) atoms. The highest BCUT2D eigenvalue weighted by Gasteiger charge is 2.24. The van der Waals surface area contributed by atoms with Crippen molar-refractivity contribution < 1.29 is 18.4 Å². The van der Waals surface area contributed by atoms with Crippen LogP contribution in [0.2, 0.25) is 0 Å². The Morgan fingerprint density at radius 3 is 2.72 bits per heavy atom. The second-order valence-electron chi connectivity index (χ2n) is 8.87. The van der Waals surface area contributed by atoms with E-state index in [0.717, 1.165) is 39.7 Å². The lowest BCUT2D eigenvalue weighted by Crippen LogP contribution is -2.33. The summed E-state index contributed by atoms with van der Waals surface area (Å²) in [5, 5.41) is 5.48. The summed E-state index contributed by atoms with van der Waals surface area (Å²) in [6.07, 6.45) is 9.24. The van der Waals surface area contributed by atoms with Crippen molar-refractivity contribution in [3.63, 3.8) is 0 Å². The van der Waals surface area contributed by atoms with Crippen molar-refractivity contribution in [2.45, 2.75) is 13.5 Å². The molecule has 0 aliphatic carbocycles. The van der Waals surface area contributed by atoms with E-state index in [4.69, 9.17) is 0 Å². The van der Waals surface area contributed by atoms with Gasteiger partial charge in [0.15, 0.2) is 11.6 Å². The van der Waals surface area contributed by atoms with Crippen molar-refractivity contribution in [3.8, 4) is 0 Å². The predicted octanol–water partition coefficient (Wildman–Crippen LogP) is 3.54. The van der Waals surface area contributed by atoms with Crippen LogP contribution in [0.3, 0.4) is 0 Å². The number of benzene rings is 2. The molecule has 3 N–H and O–H groups in total. The van der Waals surface area contributed by atoms with Gasteiger partial charge in [-0.2, -0.15) is 0 Å². The van der Waals surface area contributed by atoms with Gasteiger partial charge in [-0.3, -0.25) is 19.0 Å². The molecule has 2 aromatic carbocycles. The number of amides is 2. The Hall–Kier alpha value is -5.19. The van der Waals surface area contributed by atoms with Crippen LogP contribution in [-0.2, 0) is 11.3 Å². The lowest BCUT2D eigenvalue weighted by atomic mass is 10.0. The number of nitrogens with one attached hydrogen (secondary N) is 3. The normalized spacial score (nSPS) is 13.6. The van der Waals surface area contributed by atoms with E-state index in [0.29, 0.717) is 22.6 Å². The van der Waals surface area contributed by atoms with Crippen LogP contribution in [0.25, 0.3) is 17.7 Å². The zero-order valence-corrected chi connectivity index (χ0v) is 20.7. The third-order valence-electron chi connectivity index (χ3n) is 6.00. The number of aryl methyl sites for hydroxylation is 1. The van der Waals surface area contributed by atoms with Crippen molar-refractivity contribution in [1.82, 2.24) is 24.8 Å². The number of hydrogen-bond donors (Lipinski definition) is 3. The monoisotopic (exact) mass is 528 g/mol. The number of carbonyl (C=O) groups is 2. The van der Waals surface area contributed by atoms with E-state index >= 15 is 0 Å². The van der Waals surface area contributed by atoms with Crippen molar-refractivity contribution in [2.24, 2.45) is 0 Å². The Bertz CT molecular complexity index is 1720. The zero-order chi connectivity index (χ0) is 27.5. The standard InChI is InChI=1S/C28H22F2N6O3/c1-16-12-33-25(34-16)11-20-19-6-4-17(10-24(19)35-27(20)38)3-2-8-32-26(37)21-13-31-15-36(28(21)39)14-18-5-7-22(29)23(30)9-18/h2-7,9-13,15H,8,14H2,1H3,(H,32,37)(H,33,34)(H,35,38)/b3-2?,20-11-. The first-order valence-electron chi connectivity index (χ1n) is 11.9. The summed E-state index contributed by atoms with van der Waals surface area (Å²) in [6.45, 7) is 1.93. The first kappa shape index (κ1) is 25.5. The number of nitrogens with zero attached hydrogens (tertiary/aromatic N) is 3. The maximum absolute atomic E-state index is 13.5. The van der Waals surface area contributed by atoms with E-state index in [1.807, 2.05) is 25.1 Å². The van der Waals surface area contributed by atoms with Crippen LogP contribution < -0.4 is 16.2 Å². The molecule has 2 amide bonds. The maximum atomic E-state index is 13.5. The van der Waals surface area contributed by atoms with Crippen LogP contribution in [-0.4, -0.2) is 37.9 Å². The predicted molar refractivity (Wildman–Crippen MR) is 142 cm³/mol. The number of aromatic nitrogens is 4. The van der Waals surface area contributed by atoms with Crippen molar-refractivity contribution in [3.05, 3.63) is 117 Å². The number of hydrogen-bond acceptors (Lipinski definition) is 5. The molecule has 0 fully saturated rings. The van der Waals surface area contributed by atoms with Crippen LogP contribution >= 0.6 is 0 Å². The average Bonchev–Trinajstić information content (AvgIpc) is 3.46. The van der Waals surface area contributed by atoms with Crippen LogP contribution in [0.1, 0.15) is 38.6 Å². The highest BCUT2D eigenvalue weighted by molar-refractivity contribution is 6.34. The molecule has 0 saturated carbocycles. The average molecular weight is 529 g/mol. The molecule has 1 aliphatic rings. The van der Waals surface area contributed by atoms with Crippen LogP contribution in [0.15, 0.2) is 66.0 Å². The molecule has 5 rings (SSSR count). The number of rotatable bonds is 7. The lowest BCUT2D eigenvalue weighted by molar-refractivity contribution is -0.110. The molecule has 0 saturated heterocycles. The van der Waals surface area contributed by atoms with Gasteiger partial charge in [0.2, 0.25) is 0 Å². The fraction of sp³-hybridized carbons (Fsp3) is 0.107. The van der Waals surface area contributed by atoms with E-state index in [1.165, 1.54) is 12.4 Å². The number of imidazole rings is 1. The lowest BCUT2D eigenvalue weighted by Gasteiger charge is -2.08. The molecule has 0 unspecified atom stereocenters. The number of anilines is 1. The summed E-state index contributed by atoms with van der Waals surface area (Å²) < 4.78 is 27.8. The molecule has 0 radical (unpaired) electrons.